The van der Waals surface area contributed by atoms with Gasteiger partial charge in [0, 0.05) is 6.42 Å². The predicted octanol–water partition coefficient (Wildman–Crippen LogP) is 4.23. The van der Waals surface area contributed by atoms with Crippen LogP contribution in [0.1, 0.15) is 48.0 Å². The molecule has 108 valence electrons. The highest BCUT2D eigenvalue weighted by atomic mass is 16.5. The van der Waals surface area contributed by atoms with Gasteiger partial charge < -0.3 is 9.84 Å². The van der Waals surface area contributed by atoms with Gasteiger partial charge in [-0.05, 0) is 23.0 Å². The lowest BCUT2D eigenvalue weighted by Gasteiger charge is -2.43. The zero-order valence-electron chi connectivity index (χ0n) is 13.2. The molecule has 0 saturated carbocycles. The molecule has 1 N–H and O–H groups in total. The van der Waals surface area contributed by atoms with Crippen molar-refractivity contribution in [2.24, 2.45) is 10.8 Å². The molecule has 1 rings (SSSR count). The average molecular weight is 264 g/mol. The van der Waals surface area contributed by atoms with Crippen LogP contribution in [0.5, 0.6) is 0 Å². The SMILES string of the molecule is C=CCOC1=CC(O)(C(C)(C)C)CC(C(C)(C)C)=C1. The summed E-state index contributed by atoms with van der Waals surface area (Å²) in [6.07, 6.45) is 6.28. The smallest absolute Gasteiger partial charge is 0.118 e. The summed E-state index contributed by atoms with van der Waals surface area (Å²) < 4.78 is 5.65. The van der Waals surface area contributed by atoms with Gasteiger partial charge in [0.1, 0.15) is 12.4 Å². The second-order valence-corrected chi connectivity index (χ2v) is 7.42. The number of hydrogen-bond acceptors (Lipinski definition) is 2. The summed E-state index contributed by atoms with van der Waals surface area (Å²) in [4.78, 5) is 0. The van der Waals surface area contributed by atoms with Crippen molar-refractivity contribution in [3.63, 3.8) is 0 Å². The van der Waals surface area contributed by atoms with Crippen LogP contribution in [0, 0.1) is 10.8 Å². The van der Waals surface area contributed by atoms with Gasteiger partial charge in [-0.15, -0.1) is 0 Å². The van der Waals surface area contributed by atoms with Crippen LogP contribution in [0.15, 0.2) is 36.1 Å². The molecule has 0 radical (unpaired) electrons. The van der Waals surface area contributed by atoms with Gasteiger partial charge in [-0.3, -0.25) is 0 Å². The molecule has 0 spiro atoms. The first-order chi connectivity index (χ1) is 8.49. The molecule has 0 bridgehead atoms. The minimum absolute atomic E-state index is 0.0241. The van der Waals surface area contributed by atoms with E-state index in [9.17, 15) is 5.11 Å². The monoisotopic (exact) mass is 264 g/mol. The van der Waals surface area contributed by atoms with Crippen LogP contribution < -0.4 is 0 Å². The van der Waals surface area contributed by atoms with Gasteiger partial charge in [0.05, 0.1) is 5.60 Å². The van der Waals surface area contributed by atoms with Crippen molar-refractivity contribution >= 4 is 0 Å². The Morgan fingerprint density at radius 1 is 1.32 bits per heavy atom. The maximum absolute atomic E-state index is 11.0. The van der Waals surface area contributed by atoms with Crippen molar-refractivity contribution in [3.05, 3.63) is 36.1 Å². The van der Waals surface area contributed by atoms with Gasteiger partial charge in [-0.2, -0.15) is 0 Å². The van der Waals surface area contributed by atoms with Crippen molar-refractivity contribution in [2.75, 3.05) is 6.61 Å². The van der Waals surface area contributed by atoms with Crippen molar-refractivity contribution in [1.82, 2.24) is 0 Å². The Bertz CT molecular complexity index is 402. The summed E-state index contributed by atoms with van der Waals surface area (Å²) in [6.45, 7) is 16.8. The van der Waals surface area contributed by atoms with Crippen LogP contribution in [0.2, 0.25) is 0 Å². The van der Waals surface area contributed by atoms with E-state index < -0.39 is 5.60 Å². The van der Waals surface area contributed by atoms with Gasteiger partial charge in [0.25, 0.3) is 0 Å². The molecule has 0 amide bonds. The maximum Gasteiger partial charge on any atom is 0.118 e. The van der Waals surface area contributed by atoms with Crippen molar-refractivity contribution < 1.29 is 9.84 Å². The van der Waals surface area contributed by atoms with Gasteiger partial charge in [-0.25, -0.2) is 0 Å². The van der Waals surface area contributed by atoms with E-state index in [2.05, 4.69) is 54.2 Å². The molecule has 0 saturated heterocycles. The van der Waals surface area contributed by atoms with Crippen molar-refractivity contribution in [2.45, 2.75) is 53.6 Å². The number of hydrogen-bond donors (Lipinski definition) is 1. The third kappa shape index (κ3) is 3.73. The molecule has 1 aliphatic carbocycles. The maximum atomic E-state index is 11.0. The van der Waals surface area contributed by atoms with E-state index in [1.807, 2.05) is 6.08 Å². The van der Waals surface area contributed by atoms with E-state index >= 15 is 0 Å². The molecule has 0 aromatic heterocycles. The Hall–Kier alpha value is -1.02. The van der Waals surface area contributed by atoms with E-state index in [4.69, 9.17) is 4.74 Å². The zero-order chi connectivity index (χ0) is 14.9. The first kappa shape index (κ1) is 16.0. The Morgan fingerprint density at radius 3 is 2.32 bits per heavy atom. The van der Waals surface area contributed by atoms with Crippen LogP contribution >= 0.6 is 0 Å². The third-order valence-electron chi connectivity index (χ3n) is 3.79. The van der Waals surface area contributed by atoms with Crippen molar-refractivity contribution in [3.8, 4) is 0 Å². The first-order valence-electron chi connectivity index (χ1n) is 6.89. The molecule has 2 nitrogen and oxygen atoms in total. The molecule has 1 atom stereocenters. The molecule has 19 heavy (non-hydrogen) atoms. The Kier molecular flexibility index (Phi) is 4.36. The second-order valence-electron chi connectivity index (χ2n) is 7.42. The van der Waals surface area contributed by atoms with Crippen LogP contribution in [-0.4, -0.2) is 17.3 Å². The van der Waals surface area contributed by atoms with E-state index in [1.54, 1.807) is 6.08 Å². The fourth-order valence-electron chi connectivity index (χ4n) is 2.04. The standard InChI is InChI=1S/C17H28O2/c1-8-9-19-14-10-13(15(2,3)4)11-17(18,12-14)16(5,6)7/h8,10,12,18H,1,9,11H2,2-7H3. The molecular weight excluding hydrogens is 236 g/mol. The molecule has 0 aromatic carbocycles. The minimum Gasteiger partial charge on any atom is -0.490 e. The fraction of sp³-hybridized carbons (Fsp3) is 0.647. The molecule has 0 aromatic rings. The van der Waals surface area contributed by atoms with E-state index in [1.165, 1.54) is 5.57 Å². The number of aliphatic hydroxyl groups is 1. The molecule has 1 aliphatic rings. The summed E-state index contributed by atoms with van der Waals surface area (Å²) in [5.41, 5.74) is 0.129. The molecule has 0 heterocycles. The average Bonchev–Trinajstić information content (AvgIpc) is 2.23. The summed E-state index contributed by atoms with van der Waals surface area (Å²) in [5.74, 6) is 0.744. The van der Waals surface area contributed by atoms with E-state index in [0.717, 1.165) is 5.76 Å². The lowest BCUT2D eigenvalue weighted by molar-refractivity contribution is -0.0214. The Labute approximate surface area is 117 Å². The highest BCUT2D eigenvalue weighted by Crippen LogP contribution is 2.44. The highest BCUT2D eigenvalue weighted by molar-refractivity contribution is 5.34. The second kappa shape index (κ2) is 5.16. The molecular formula is C17H28O2. The van der Waals surface area contributed by atoms with Gasteiger partial charge in [0.15, 0.2) is 0 Å². The van der Waals surface area contributed by atoms with Gasteiger partial charge >= 0.3 is 0 Å². The summed E-state index contributed by atoms with van der Waals surface area (Å²) in [7, 11) is 0. The highest BCUT2D eigenvalue weighted by Gasteiger charge is 2.42. The van der Waals surface area contributed by atoms with Gasteiger partial charge in [0.2, 0.25) is 0 Å². The summed E-state index contributed by atoms with van der Waals surface area (Å²) >= 11 is 0. The molecule has 2 heteroatoms. The van der Waals surface area contributed by atoms with Crippen LogP contribution in [-0.2, 0) is 4.74 Å². The molecule has 0 aliphatic heterocycles. The number of rotatable bonds is 3. The summed E-state index contributed by atoms with van der Waals surface area (Å²) in [6, 6.07) is 0. The Morgan fingerprint density at radius 2 is 1.89 bits per heavy atom. The topological polar surface area (TPSA) is 29.5 Å². The summed E-state index contributed by atoms with van der Waals surface area (Å²) in [5, 5.41) is 11.0. The fourth-order valence-corrected chi connectivity index (χ4v) is 2.04. The Balaban J connectivity index is 3.17. The lowest BCUT2D eigenvalue weighted by Crippen LogP contribution is -2.44. The van der Waals surface area contributed by atoms with Crippen molar-refractivity contribution in [1.29, 1.82) is 0 Å². The van der Waals surface area contributed by atoms with Crippen LogP contribution in [0.4, 0.5) is 0 Å². The first-order valence-corrected chi connectivity index (χ1v) is 6.89. The molecule has 0 fully saturated rings. The predicted molar refractivity (Wildman–Crippen MR) is 80.8 cm³/mol. The van der Waals surface area contributed by atoms with Crippen LogP contribution in [0.3, 0.4) is 0 Å². The molecule has 1 unspecified atom stereocenters. The largest absolute Gasteiger partial charge is 0.490 e. The van der Waals surface area contributed by atoms with Gasteiger partial charge in [-0.1, -0.05) is 59.8 Å². The third-order valence-corrected chi connectivity index (χ3v) is 3.79. The number of ether oxygens (including phenoxy) is 1. The minimum atomic E-state index is -0.874. The van der Waals surface area contributed by atoms with E-state index in [0.29, 0.717) is 13.0 Å². The normalized spacial score (nSPS) is 24.6. The van der Waals surface area contributed by atoms with E-state index in [-0.39, 0.29) is 10.8 Å². The number of allylic oxidation sites excluding steroid dienone is 1. The van der Waals surface area contributed by atoms with Crippen LogP contribution in [0.25, 0.3) is 0 Å². The quantitative estimate of drug-likeness (QED) is 0.773. The lowest BCUT2D eigenvalue weighted by atomic mass is 9.67. The zero-order valence-corrected chi connectivity index (χ0v) is 13.2.